The molecule has 0 heterocycles. The Kier molecular flexibility index (Phi) is 10.0. The summed E-state index contributed by atoms with van der Waals surface area (Å²) in [5, 5.41) is 10.1. The van der Waals surface area contributed by atoms with Gasteiger partial charge in [-0.05, 0) is 24.1 Å². The Morgan fingerprint density at radius 3 is 1.90 bits per heavy atom. The van der Waals surface area contributed by atoms with E-state index < -0.39 is 0 Å². The van der Waals surface area contributed by atoms with Crippen LogP contribution in [-0.2, 0) is 0 Å². The van der Waals surface area contributed by atoms with Crippen molar-refractivity contribution >= 4 is 15.9 Å². The Labute approximate surface area is 132 Å². The van der Waals surface area contributed by atoms with E-state index in [1.54, 1.807) is 0 Å². The van der Waals surface area contributed by atoms with Gasteiger partial charge in [-0.1, -0.05) is 92.8 Å². The summed E-state index contributed by atoms with van der Waals surface area (Å²) in [5.74, 6) is 0. The zero-order valence-corrected chi connectivity index (χ0v) is 14.4. The third-order valence-electron chi connectivity index (χ3n) is 3.84. The normalized spacial score (nSPS) is 12.6. The zero-order chi connectivity index (χ0) is 14.6. The van der Waals surface area contributed by atoms with Gasteiger partial charge in [0, 0.05) is 4.47 Å². The van der Waals surface area contributed by atoms with Crippen molar-refractivity contribution < 1.29 is 5.11 Å². The zero-order valence-electron chi connectivity index (χ0n) is 12.8. The van der Waals surface area contributed by atoms with E-state index in [2.05, 4.69) is 22.9 Å². The van der Waals surface area contributed by atoms with Crippen molar-refractivity contribution in [1.29, 1.82) is 0 Å². The summed E-state index contributed by atoms with van der Waals surface area (Å²) < 4.78 is 1.07. The molecule has 1 N–H and O–H groups in total. The summed E-state index contributed by atoms with van der Waals surface area (Å²) in [6, 6.07) is 7.99. The lowest BCUT2D eigenvalue weighted by molar-refractivity contribution is 0.163. The number of aliphatic hydroxyl groups is 1. The monoisotopic (exact) mass is 340 g/mol. The molecule has 0 fully saturated rings. The highest BCUT2D eigenvalue weighted by Crippen LogP contribution is 2.22. The van der Waals surface area contributed by atoms with E-state index in [9.17, 15) is 5.11 Å². The number of hydrogen-bond donors (Lipinski definition) is 1. The van der Waals surface area contributed by atoms with Crippen molar-refractivity contribution in [3.8, 4) is 0 Å². The average molecular weight is 341 g/mol. The number of benzene rings is 1. The Bertz CT molecular complexity index is 334. The van der Waals surface area contributed by atoms with E-state index in [1.165, 1.54) is 51.4 Å². The van der Waals surface area contributed by atoms with Crippen molar-refractivity contribution in [2.75, 3.05) is 0 Å². The molecule has 0 aromatic heterocycles. The Hall–Kier alpha value is -0.340. The van der Waals surface area contributed by atoms with Crippen LogP contribution in [0.3, 0.4) is 0 Å². The molecule has 0 radical (unpaired) electrons. The van der Waals surface area contributed by atoms with Gasteiger partial charge in [0.15, 0.2) is 0 Å². The van der Waals surface area contributed by atoms with Crippen molar-refractivity contribution in [2.45, 2.75) is 77.2 Å². The van der Waals surface area contributed by atoms with Crippen LogP contribution < -0.4 is 0 Å². The summed E-state index contributed by atoms with van der Waals surface area (Å²) in [7, 11) is 0. The van der Waals surface area contributed by atoms with Crippen LogP contribution in [0.25, 0.3) is 0 Å². The van der Waals surface area contributed by atoms with Crippen molar-refractivity contribution in [2.24, 2.45) is 0 Å². The molecule has 0 aliphatic rings. The van der Waals surface area contributed by atoms with E-state index in [-0.39, 0.29) is 6.10 Å². The molecule has 0 saturated carbocycles. The van der Waals surface area contributed by atoms with Gasteiger partial charge in [0.2, 0.25) is 0 Å². The van der Waals surface area contributed by atoms with Crippen molar-refractivity contribution in [3.63, 3.8) is 0 Å². The molecule has 1 unspecified atom stereocenters. The molecule has 0 amide bonds. The summed E-state index contributed by atoms with van der Waals surface area (Å²) >= 11 is 3.42. The molecule has 0 aliphatic heterocycles. The molecule has 0 bridgehead atoms. The van der Waals surface area contributed by atoms with Gasteiger partial charge in [-0.15, -0.1) is 0 Å². The van der Waals surface area contributed by atoms with Crippen LogP contribution >= 0.6 is 15.9 Å². The molecule has 2 heteroatoms. The summed E-state index contributed by atoms with van der Waals surface area (Å²) in [4.78, 5) is 0. The molecular weight excluding hydrogens is 312 g/mol. The van der Waals surface area contributed by atoms with E-state index >= 15 is 0 Å². The van der Waals surface area contributed by atoms with Crippen molar-refractivity contribution in [1.82, 2.24) is 0 Å². The van der Waals surface area contributed by atoms with Crippen molar-refractivity contribution in [3.05, 3.63) is 34.3 Å². The molecule has 1 aromatic carbocycles. The summed E-state index contributed by atoms with van der Waals surface area (Å²) in [6.07, 6.45) is 12.5. The second kappa shape index (κ2) is 11.3. The average Bonchev–Trinajstić information content (AvgIpc) is 2.46. The molecule has 0 saturated heterocycles. The molecule has 114 valence electrons. The van der Waals surface area contributed by atoms with Gasteiger partial charge >= 0.3 is 0 Å². The molecule has 1 atom stereocenters. The fraction of sp³-hybridized carbons (Fsp3) is 0.667. The predicted molar refractivity (Wildman–Crippen MR) is 90.9 cm³/mol. The highest BCUT2D eigenvalue weighted by molar-refractivity contribution is 9.10. The van der Waals surface area contributed by atoms with Gasteiger partial charge in [0.05, 0.1) is 6.10 Å². The minimum absolute atomic E-state index is 0.298. The fourth-order valence-corrected chi connectivity index (χ4v) is 2.76. The second-order valence-corrected chi connectivity index (χ2v) is 6.60. The Balaban J connectivity index is 1.99. The summed E-state index contributed by atoms with van der Waals surface area (Å²) in [6.45, 7) is 2.26. The molecule has 1 aromatic rings. The van der Waals surface area contributed by atoms with Crippen LogP contribution in [0.2, 0.25) is 0 Å². The SMILES string of the molecule is CCCCCCCCCCCC(O)c1ccc(Br)cc1. The molecule has 0 spiro atoms. The number of hydrogen-bond acceptors (Lipinski definition) is 1. The molecule has 0 aliphatic carbocycles. The lowest BCUT2D eigenvalue weighted by Gasteiger charge is -2.10. The molecule has 1 rings (SSSR count). The lowest BCUT2D eigenvalue weighted by atomic mass is 10.0. The number of rotatable bonds is 11. The lowest BCUT2D eigenvalue weighted by Crippen LogP contribution is -1.97. The highest BCUT2D eigenvalue weighted by atomic mass is 79.9. The van der Waals surface area contributed by atoms with Crippen LogP contribution in [-0.4, -0.2) is 5.11 Å². The maximum atomic E-state index is 10.1. The third-order valence-corrected chi connectivity index (χ3v) is 4.36. The Morgan fingerprint density at radius 1 is 0.850 bits per heavy atom. The third kappa shape index (κ3) is 8.06. The number of aliphatic hydroxyl groups excluding tert-OH is 1. The fourth-order valence-electron chi connectivity index (χ4n) is 2.50. The molecule has 20 heavy (non-hydrogen) atoms. The van der Waals surface area contributed by atoms with Gasteiger partial charge in [-0.3, -0.25) is 0 Å². The molecular formula is C18H29BrO. The first-order chi connectivity index (χ1) is 9.74. The minimum atomic E-state index is -0.298. The summed E-state index contributed by atoms with van der Waals surface area (Å²) in [5.41, 5.74) is 1.03. The van der Waals surface area contributed by atoms with Crippen LogP contribution in [0, 0.1) is 0 Å². The standard InChI is InChI=1S/C18H29BrO/c1-2-3-4-5-6-7-8-9-10-11-18(20)16-12-14-17(19)15-13-16/h12-15,18,20H,2-11H2,1H3. The smallest absolute Gasteiger partial charge is 0.0790 e. The molecule has 1 nitrogen and oxygen atoms in total. The van der Waals surface area contributed by atoms with E-state index in [0.717, 1.165) is 22.9 Å². The van der Waals surface area contributed by atoms with Crippen LogP contribution in [0.5, 0.6) is 0 Å². The van der Waals surface area contributed by atoms with E-state index in [0.29, 0.717) is 0 Å². The largest absolute Gasteiger partial charge is 0.388 e. The van der Waals surface area contributed by atoms with Gasteiger partial charge in [-0.2, -0.15) is 0 Å². The van der Waals surface area contributed by atoms with Crippen LogP contribution in [0.1, 0.15) is 82.8 Å². The minimum Gasteiger partial charge on any atom is -0.388 e. The number of unbranched alkanes of at least 4 members (excludes halogenated alkanes) is 8. The van der Waals surface area contributed by atoms with Crippen LogP contribution in [0.15, 0.2) is 28.7 Å². The maximum Gasteiger partial charge on any atom is 0.0790 e. The second-order valence-electron chi connectivity index (χ2n) is 5.68. The van der Waals surface area contributed by atoms with Gasteiger partial charge < -0.3 is 5.11 Å². The Morgan fingerprint density at radius 2 is 1.35 bits per heavy atom. The van der Waals surface area contributed by atoms with E-state index in [4.69, 9.17) is 0 Å². The van der Waals surface area contributed by atoms with Crippen LogP contribution in [0.4, 0.5) is 0 Å². The first-order valence-corrected chi connectivity index (χ1v) is 8.97. The van der Waals surface area contributed by atoms with E-state index in [1.807, 2.05) is 24.3 Å². The predicted octanol–water partition coefficient (Wildman–Crippen LogP) is 6.40. The number of halogens is 1. The maximum absolute atomic E-state index is 10.1. The quantitative estimate of drug-likeness (QED) is 0.462. The highest BCUT2D eigenvalue weighted by Gasteiger charge is 2.06. The first kappa shape index (κ1) is 17.7. The van der Waals surface area contributed by atoms with Gasteiger partial charge in [0.1, 0.15) is 0 Å². The van der Waals surface area contributed by atoms with Gasteiger partial charge in [-0.25, -0.2) is 0 Å². The first-order valence-electron chi connectivity index (χ1n) is 8.17. The van der Waals surface area contributed by atoms with Gasteiger partial charge in [0.25, 0.3) is 0 Å². The topological polar surface area (TPSA) is 20.2 Å².